The molecule has 68 valence electrons. The minimum atomic E-state index is 0.182. The summed E-state index contributed by atoms with van der Waals surface area (Å²) in [5, 5.41) is 14.2. The van der Waals surface area contributed by atoms with Crippen LogP contribution in [0, 0.1) is 11.8 Å². The predicted octanol–water partition coefficient (Wildman–Crippen LogP) is 0.124. The second-order valence-electron chi connectivity index (χ2n) is 2.50. The summed E-state index contributed by atoms with van der Waals surface area (Å²) in [6.45, 7) is 4.38. The Balaban J connectivity index is 3.57. The Morgan fingerprint density at radius 1 is 1.75 bits per heavy atom. The van der Waals surface area contributed by atoms with E-state index < -0.39 is 0 Å². The summed E-state index contributed by atoms with van der Waals surface area (Å²) >= 11 is 0. The maximum absolute atomic E-state index is 8.26. The Kier molecular flexibility index (Phi) is 5.84. The monoisotopic (exact) mass is 169 g/mol. The molecule has 4 nitrogen and oxygen atoms in total. The van der Waals surface area contributed by atoms with Crippen molar-refractivity contribution in [1.82, 2.24) is 5.32 Å². The maximum atomic E-state index is 8.26. The van der Waals surface area contributed by atoms with Crippen molar-refractivity contribution in [3.63, 3.8) is 0 Å². The van der Waals surface area contributed by atoms with Crippen molar-refractivity contribution in [2.45, 2.75) is 26.3 Å². The molecule has 0 spiro atoms. The standard InChI is InChI=1S/C8H15N3O/c1-3-4-5-10-7(2)6-8(9)11-12/h7,10,12H,5-6H2,1-2H3,(H2,9,11). The van der Waals surface area contributed by atoms with Crippen LogP contribution in [0.3, 0.4) is 0 Å². The molecule has 0 aliphatic carbocycles. The quantitative estimate of drug-likeness (QED) is 0.184. The molecule has 0 aliphatic rings. The number of hydrogen-bond acceptors (Lipinski definition) is 3. The average Bonchev–Trinajstić information content (AvgIpc) is 2.05. The minimum absolute atomic E-state index is 0.182. The van der Waals surface area contributed by atoms with Crippen molar-refractivity contribution in [1.29, 1.82) is 0 Å². The van der Waals surface area contributed by atoms with Crippen LogP contribution in [0.1, 0.15) is 20.3 Å². The summed E-state index contributed by atoms with van der Waals surface area (Å²) in [5.74, 6) is 5.87. The molecule has 4 heteroatoms. The molecule has 12 heavy (non-hydrogen) atoms. The van der Waals surface area contributed by atoms with Crippen LogP contribution in [-0.4, -0.2) is 23.6 Å². The van der Waals surface area contributed by atoms with E-state index in [4.69, 9.17) is 10.9 Å². The number of oxime groups is 1. The van der Waals surface area contributed by atoms with E-state index >= 15 is 0 Å². The van der Waals surface area contributed by atoms with Crippen LogP contribution in [0.15, 0.2) is 5.16 Å². The van der Waals surface area contributed by atoms with Crippen LogP contribution < -0.4 is 11.1 Å². The lowest BCUT2D eigenvalue weighted by molar-refractivity contribution is 0.316. The third-order valence-electron chi connectivity index (χ3n) is 1.36. The largest absolute Gasteiger partial charge is 0.409 e. The summed E-state index contributed by atoms with van der Waals surface area (Å²) in [6.07, 6.45) is 0.530. The van der Waals surface area contributed by atoms with Crippen molar-refractivity contribution >= 4 is 5.84 Å². The summed E-state index contributed by atoms with van der Waals surface area (Å²) in [4.78, 5) is 0. The van der Waals surface area contributed by atoms with E-state index in [9.17, 15) is 0 Å². The van der Waals surface area contributed by atoms with Crippen LogP contribution in [0.4, 0.5) is 0 Å². The van der Waals surface area contributed by atoms with E-state index in [0.29, 0.717) is 13.0 Å². The average molecular weight is 169 g/mol. The van der Waals surface area contributed by atoms with E-state index in [1.54, 1.807) is 6.92 Å². The van der Waals surface area contributed by atoms with E-state index in [-0.39, 0.29) is 11.9 Å². The van der Waals surface area contributed by atoms with E-state index in [1.165, 1.54) is 0 Å². The Labute approximate surface area is 72.8 Å². The predicted molar refractivity (Wildman–Crippen MR) is 48.9 cm³/mol. The van der Waals surface area contributed by atoms with Gasteiger partial charge in [-0.25, -0.2) is 0 Å². The van der Waals surface area contributed by atoms with Crippen LogP contribution >= 0.6 is 0 Å². The van der Waals surface area contributed by atoms with Gasteiger partial charge in [-0.2, -0.15) is 0 Å². The molecule has 0 aromatic carbocycles. The molecule has 0 aromatic heterocycles. The Morgan fingerprint density at radius 3 is 2.92 bits per heavy atom. The molecule has 0 fully saturated rings. The molecule has 0 saturated carbocycles. The molecule has 1 atom stereocenters. The van der Waals surface area contributed by atoms with Crippen molar-refractivity contribution < 1.29 is 5.21 Å². The lowest BCUT2D eigenvalue weighted by Gasteiger charge is -2.09. The third kappa shape index (κ3) is 5.57. The van der Waals surface area contributed by atoms with Crippen LogP contribution in [0.25, 0.3) is 0 Å². The molecule has 1 unspecified atom stereocenters. The highest BCUT2D eigenvalue weighted by Crippen LogP contribution is 1.88. The zero-order valence-electron chi connectivity index (χ0n) is 7.46. The van der Waals surface area contributed by atoms with Gasteiger partial charge in [0.2, 0.25) is 0 Å². The number of nitrogens with zero attached hydrogens (tertiary/aromatic N) is 1. The SMILES string of the molecule is CC#CCNC(C)CC(N)=NO. The normalized spacial score (nSPS) is 13.3. The molecule has 0 heterocycles. The zero-order chi connectivity index (χ0) is 9.40. The van der Waals surface area contributed by atoms with Crippen molar-refractivity contribution in [3.8, 4) is 11.8 Å². The third-order valence-corrected chi connectivity index (χ3v) is 1.36. The van der Waals surface area contributed by atoms with Gasteiger partial charge in [-0.3, -0.25) is 0 Å². The Morgan fingerprint density at radius 2 is 2.42 bits per heavy atom. The molecule has 0 amide bonds. The molecule has 4 N–H and O–H groups in total. The summed E-state index contributed by atoms with van der Waals surface area (Å²) in [6, 6.07) is 0.182. The first-order valence-corrected chi connectivity index (χ1v) is 3.80. The van der Waals surface area contributed by atoms with Gasteiger partial charge in [0.1, 0.15) is 5.84 Å². The zero-order valence-corrected chi connectivity index (χ0v) is 7.46. The van der Waals surface area contributed by atoms with Gasteiger partial charge in [-0.05, 0) is 13.8 Å². The van der Waals surface area contributed by atoms with Crippen LogP contribution in [0.2, 0.25) is 0 Å². The van der Waals surface area contributed by atoms with Gasteiger partial charge in [0.25, 0.3) is 0 Å². The first-order valence-electron chi connectivity index (χ1n) is 3.80. The number of nitrogens with two attached hydrogens (primary N) is 1. The highest BCUT2D eigenvalue weighted by atomic mass is 16.4. The Hall–Kier alpha value is -1.21. The van der Waals surface area contributed by atoms with E-state index in [0.717, 1.165) is 0 Å². The highest BCUT2D eigenvalue weighted by molar-refractivity contribution is 5.80. The molecular weight excluding hydrogens is 154 g/mol. The fourth-order valence-corrected chi connectivity index (χ4v) is 0.740. The summed E-state index contributed by atoms with van der Waals surface area (Å²) in [5.41, 5.74) is 5.30. The number of hydrogen-bond donors (Lipinski definition) is 3. The van der Waals surface area contributed by atoms with E-state index in [1.807, 2.05) is 6.92 Å². The van der Waals surface area contributed by atoms with Crippen LogP contribution in [-0.2, 0) is 0 Å². The van der Waals surface area contributed by atoms with Gasteiger partial charge >= 0.3 is 0 Å². The van der Waals surface area contributed by atoms with Crippen molar-refractivity contribution in [2.75, 3.05) is 6.54 Å². The minimum Gasteiger partial charge on any atom is -0.409 e. The van der Waals surface area contributed by atoms with Gasteiger partial charge < -0.3 is 16.3 Å². The van der Waals surface area contributed by atoms with Gasteiger partial charge in [0.15, 0.2) is 0 Å². The first-order chi connectivity index (χ1) is 5.70. The van der Waals surface area contributed by atoms with Crippen LogP contribution in [0.5, 0.6) is 0 Å². The smallest absolute Gasteiger partial charge is 0.140 e. The van der Waals surface area contributed by atoms with Gasteiger partial charge in [-0.1, -0.05) is 11.1 Å². The maximum Gasteiger partial charge on any atom is 0.140 e. The molecule has 0 rings (SSSR count). The molecular formula is C8H15N3O. The number of amidine groups is 1. The lowest BCUT2D eigenvalue weighted by atomic mass is 10.2. The molecule has 0 radical (unpaired) electrons. The van der Waals surface area contributed by atoms with Gasteiger partial charge in [0, 0.05) is 12.5 Å². The van der Waals surface area contributed by atoms with Crippen molar-refractivity contribution in [2.24, 2.45) is 10.9 Å². The molecule has 0 bridgehead atoms. The number of rotatable bonds is 4. The second kappa shape index (κ2) is 6.50. The summed E-state index contributed by atoms with van der Waals surface area (Å²) < 4.78 is 0. The highest BCUT2D eigenvalue weighted by Gasteiger charge is 2.02. The van der Waals surface area contributed by atoms with Gasteiger partial charge in [-0.15, -0.1) is 5.92 Å². The second-order valence-corrected chi connectivity index (χ2v) is 2.50. The number of nitrogens with one attached hydrogen (secondary N) is 1. The molecule has 0 aromatic rings. The molecule has 0 saturated heterocycles. The topological polar surface area (TPSA) is 70.6 Å². The lowest BCUT2D eigenvalue weighted by Crippen LogP contribution is -2.31. The Bertz CT molecular complexity index is 202. The fourth-order valence-electron chi connectivity index (χ4n) is 0.740. The van der Waals surface area contributed by atoms with Crippen molar-refractivity contribution in [3.05, 3.63) is 0 Å². The van der Waals surface area contributed by atoms with Gasteiger partial charge in [0.05, 0.1) is 6.54 Å². The fraction of sp³-hybridized carbons (Fsp3) is 0.625. The molecule has 0 aliphatic heterocycles. The van der Waals surface area contributed by atoms with E-state index in [2.05, 4.69) is 22.3 Å². The summed E-state index contributed by atoms with van der Waals surface area (Å²) in [7, 11) is 0. The first kappa shape index (κ1) is 10.8.